The Bertz CT molecular complexity index is 580. The van der Waals surface area contributed by atoms with E-state index < -0.39 is 0 Å². The maximum absolute atomic E-state index is 12.4. The van der Waals surface area contributed by atoms with Gasteiger partial charge in [-0.25, -0.2) is 0 Å². The number of amides is 2. The zero-order chi connectivity index (χ0) is 16.2. The van der Waals surface area contributed by atoms with Gasteiger partial charge in [0.15, 0.2) is 0 Å². The first-order chi connectivity index (χ1) is 11.1. The molecule has 1 aliphatic heterocycles. The van der Waals surface area contributed by atoms with Crippen LogP contribution in [0.2, 0.25) is 0 Å². The average Bonchev–Trinajstić information content (AvgIpc) is 3.40. The van der Waals surface area contributed by atoms with Crippen molar-refractivity contribution in [1.82, 2.24) is 4.90 Å². The second kappa shape index (κ2) is 7.00. The Labute approximate surface area is 136 Å². The minimum atomic E-state index is -0.317. The number of carbonyl (C=O) groups is 2. The summed E-state index contributed by atoms with van der Waals surface area (Å²) in [5, 5.41) is 6.13. The van der Waals surface area contributed by atoms with E-state index >= 15 is 0 Å². The van der Waals surface area contributed by atoms with Crippen molar-refractivity contribution in [3.05, 3.63) is 24.3 Å². The maximum Gasteiger partial charge on any atom is 0.244 e. The summed E-state index contributed by atoms with van der Waals surface area (Å²) in [5.74, 6) is 0.328. The van der Waals surface area contributed by atoms with E-state index in [9.17, 15) is 9.59 Å². The summed E-state index contributed by atoms with van der Waals surface area (Å²) in [6.45, 7) is 4.33. The van der Waals surface area contributed by atoms with Gasteiger partial charge in [-0.3, -0.25) is 9.59 Å². The molecule has 2 amide bonds. The van der Waals surface area contributed by atoms with Crippen molar-refractivity contribution in [2.45, 2.75) is 25.8 Å². The van der Waals surface area contributed by atoms with Crippen molar-refractivity contribution < 1.29 is 14.3 Å². The van der Waals surface area contributed by atoms with Crippen LogP contribution in [0.1, 0.15) is 19.8 Å². The van der Waals surface area contributed by atoms with Gasteiger partial charge in [0.05, 0.1) is 13.2 Å². The van der Waals surface area contributed by atoms with E-state index in [4.69, 9.17) is 4.74 Å². The first-order valence-electron chi connectivity index (χ1n) is 8.17. The molecule has 2 N–H and O–H groups in total. The Morgan fingerprint density at radius 2 is 1.91 bits per heavy atom. The Morgan fingerprint density at radius 3 is 2.61 bits per heavy atom. The number of nitrogens with one attached hydrogen (secondary N) is 2. The normalized spacial score (nSPS) is 19.1. The summed E-state index contributed by atoms with van der Waals surface area (Å²) < 4.78 is 5.27. The predicted molar refractivity (Wildman–Crippen MR) is 88.3 cm³/mol. The van der Waals surface area contributed by atoms with Crippen molar-refractivity contribution in [2.24, 2.45) is 5.92 Å². The van der Waals surface area contributed by atoms with Gasteiger partial charge in [0.1, 0.15) is 6.04 Å². The van der Waals surface area contributed by atoms with E-state index in [0.29, 0.717) is 26.3 Å². The highest BCUT2D eigenvalue weighted by Gasteiger charge is 2.29. The number of hydrogen-bond donors (Lipinski definition) is 2. The molecule has 0 radical (unpaired) electrons. The lowest BCUT2D eigenvalue weighted by atomic mass is 10.2. The number of carbonyl (C=O) groups excluding carboxylic acids is 2. The van der Waals surface area contributed by atoms with Gasteiger partial charge in [0.2, 0.25) is 11.8 Å². The summed E-state index contributed by atoms with van der Waals surface area (Å²) >= 11 is 0. The van der Waals surface area contributed by atoms with Crippen LogP contribution in [0, 0.1) is 5.92 Å². The molecule has 23 heavy (non-hydrogen) atoms. The lowest BCUT2D eigenvalue weighted by molar-refractivity contribution is -0.135. The first kappa shape index (κ1) is 15.8. The van der Waals surface area contributed by atoms with Gasteiger partial charge in [-0.1, -0.05) is 6.07 Å². The number of rotatable bonds is 5. The van der Waals surface area contributed by atoms with Crippen molar-refractivity contribution in [3.8, 4) is 0 Å². The molecule has 2 aliphatic rings. The van der Waals surface area contributed by atoms with Crippen LogP contribution in [-0.4, -0.2) is 49.1 Å². The molecule has 2 fully saturated rings. The third kappa shape index (κ3) is 4.22. The van der Waals surface area contributed by atoms with Crippen molar-refractivity contribution in [2.75, 3.05) is 36.9 Å². The zero-order valence-corrected chi connectivity index (χ0v) is 13.4. The van der Waals surface area contributed by atoms with Gasteiger partial charge >= 0.3 is 0 Å². The SMILES string of the molecule is CC(Nc1cccc(NC(=O)C2CC2)c1)C(=O)N1CCOCC1. The maximum atomic E-state index is 12.4. The summed E-state index contributed by atoms with van der Waals surface area (Å²) in [4.78, 5) is 26.0. The van der Waals surface area contributed by atoms with Crippen LogP contribution in [0.3, 0.4) is 0 Å². The molecule has 1 heterocycles. The largest absolute Gasteiger partial charge is 0.378 e. The second-order valence-corrected chi connectivity index (χ2v) is 6.15. The van der Waals surface area contributed by atoms with Gasteiger partial charge < -0.3 is 20.3 Å². The molecular weight excluding hydrogens is 294 g/mol. The Hall–Kier alpha value is -2.08. The van der Waals surface area contributed by atoms with Gasteiger partial charge in [-0.15, -0.1) is 0 Å². The molecule has 1 aromatic carbocycles. The number of ether oxygens (including phenoxy) is 1. The lowest BCUT2D eigenvalue weighted by Gasteiger charge is -2.29. The zero-order valence-electron chi connectivity index (χ0n) is 13.4. The molecule has 3 rings (SSSR count). The molecule has 124 valence electrons. The van der Waals surface area contributed by atoms with Crippen LogP contribution in [0.15, 0.2) is 24.3 Å². The van der Waals surface area contributed by atoms with Gasteiger partial charge in [0, 0.05) is 30.4 Å². The average molecular weight is 317 g/mol. The summed E-state index contributed by atoms with van der Waals surface area (Å²) in [6.07, 6.45) is 1.96. The van der Waals surface area contributed by atoms with Crippen LogP contribution >= 0.6 is 0 Å². The second-order valence-electron chi connectivity index (χ2n) is 6.15. The summed E-state index contributed by atoms with van der Waals surface area (Å²) in [6, 6.07) is 7.18. The quantitative estimate of drug-likeness (QED) is 0.867. The molecule has 6 nitrogen and oxygen atoms in total. The summed E-state index contributed by atoms with van der Waals surface area (Å²) in [5.41, 5.74) is 1.59. The molecule has 1 saturated carbocycles. The third-order valence-electron chi connectivity index (χ3n) is 4.15. The number of morpholine rings is 1. The Balaban J connectivity index is 1.57. The number of anilines is 2. The molecular formula is C17H23N3O3. The highest BCUT2D eigenvalue weighted by molar-refractivity contribution is 5.94. The Kier molecular flexibility index (Phi) is 4.81. The van der Waals surface area contributed by atoms with E-state index in [1.165, 1.54) is 0 Å². The molecule has 0 spiro atoms. The molecule has 6 heteroatoms. The predicted octanol–water partition coefficient (Wildman–Crippen LogP) is 1.69. The number of hydrogen-bond acceptors (Lipinski definition) is 4. The number of benzene rings is 1. The van der Waals surface area contributed by atoms with Gasteiger partial charge in [0.25, 0.3) is 0 Å². The highest BCUT2D eigenvalue weighted by atomic mass is 16.5. The molecule has 0 bridgehead atoms. The standard InChI is InChI=1S/C17H23N3O3/c1-12(17(22)20-7-9-23-10-8-20)18-14-3-2-4-15(11-14)19-16(21)13-5-6-13/h2-4,11-13,18H,5-10H2,1H3,(H,19,21). The van der Waals surface area contributed by atoms with Crippen LogP contribution in [0.4, 0.5) is 11.4 Å². The fourth-order valence-corrected chi connectivity index (χ4v) is 2.65. The smallest absolute Gasteiger partial charge is 0.244 e. The van der Waals surface area contributed by atoms with Gasteiger partial charge in [-0.05, 0) is 38.0 Å². The van der Waals surface area contributed by atoms with E-state index in [1.807, 2.05) is 36.1 Å². The molecule has 0 aromatic heterocycles. The molecule has 1 saturated heterocycles. The Morgan fingerprint density at radius 1 is 1.22 bits per heavy atom. The molecule has 1 aliphatic carbocycles. The molecule has 1 aromatic rings. The van der Waals surface area contributed by atoms with Crippen LogP contribution < -0.4 is 10.6 Å². The fraction of sp³-hybridized carbons (Fsp3) is 0.529. The van der Waals surface area contributed by atoms with E-state index in [0.717, 1.165) is 24.2 Å². The minimum Gasteiger partial charge on any atom is -0.378 e. The minimum absolute atomic E-state index is 0.0701. The molecule has 1 unspecified atom stereocenters. The van der Waals surface area contributed by atoms with E-state index in [-0.39, 0.29) is 23.8 Å². The monoisotopic (exact) mass is 317 g/mol. The first-order valence-corrected chi connectivity index (χ1v) is 8.17. The van der Waals surface area contributed by atoms with Gasteiger partial charge in [-0.2, -0.15) is 0 Å². The summed E-state index contributed by atoms with van der Waals surface area (Å²) in [7, 11) is 0. The van der Waals surface area contributed by atoms with Crippen molar-refractivity contribution >= 4 is 23.2 Å². The number of nitrogens with zero attached hydrogens (tertiary/aromatic N) is 1. The van der Waals surface area contributed by atoms with Crippen molar-refractivity contribution in [3.63, 3.8) is 0 Å². The van der Waals surface area contributed by atoms with Crippen molar-refractivity contribution in [1.29, 1.82) is 0 Å². The van der Waals surface area contributed by atoms with Crippen LogP contribution in [0.25, 0.3) is 0 Å². The lowest BCUT2D eigenvalue weighted by Crippen LogP contribution is -2.46. The third-order valence-corrected chi connectivity index (χ3v) is 4.15. The molecule has 1 atom stereocenters. The van der Waals surface area contributed by atoms with Crippen LogP contribution in [0.5, 0.6) is 0 Å². The van der Waals surface area contributed by atoms with Crippen LogP contribution in [-0.2, 0) is 14.3 Å². The highest BCUT2D eigenvalue weighted by Crippen LogP contribution is 2.30. The topological polar surface area (TPSA) is 70.7 Å². The van der Waals surface area contributed by atoms with E-state index in [1.54, 1.807) is 0 Å². The van der Waals surface area contributed by atoms with E-state index in [2.05, 4.69) is 10.6 Å². The fourth-order valence-electron chi connectivity index (χ4n) is 2.65.